The van der Waals surface area contributed by atoms with Crippen molar-refractivity contribution in [3.8, 4) is 0 Å². The molecule has 0 atom stereocenters. The van der Waals surface area contributed by atoms with Gasteiger partial charge in [-0.15, -0.1) is 0 Å². The van der Waals surface area contributed by atoms with Crippen molar-refractivity contribution in [2.75, 3.05) is 7.05 Å². The fourth-order valence-corrected chi connectivity index (χ4v) is 1.38. The zero-order valence-electron chi connectivity index (χ0n) is 8.22. The zero-order valence-corrected chi connectivity index (χ0v) is 9.03. The second-order valence-corrected chi connectivity index (χ2v) is 3.12. The van der Waals surface area contributed by atoms with E-state index in [-0.39, 0.29) is 0 Å². The van der Waals surface area contributed by atoms with Gasteiger partial charge in [-0.2, -0.15) is 0 Å². The smallest absolute Gasteiger partial charge is 0.0257 e. The van der Waals surface area contributed by atoms with E-state index < -0.39 is 0 Å². The quantitative estimate of drug-likeness (QED) is 0.706. The molecule has 0 fully saturated rings. The molecule has 0 spiro atoms. The molecule has 0 heterocycles. The molecule has 0 unspecified atom stereocenters. The summed E-state index contributed by atoms with van der Waals surface area (Å²) in [6, 6.07) is 8.32. The lowest BCUT2D eigenvalue weighted by molar-refractivity contribution is 1.24. The van der Waals surface area contributed by atoms with Crippen LogP contribution in [0.2, 0.25) is 0 Å². The van der Waals surface area contributed by atoms with Gasteiger partial charge >= 0.3 is 0 Å². The summed E-state index contributed by atoms with van der Waals surface area (Å²) in [6.07, 6.45) is 0. The van der Waals surface area contributed by atoms with Crippen LogP contribution in [0.25, 0.3) is 0 Å². The maximum Gasteiger partial charge on any atom is 0.0257 e. The van der Waals surface area contributed by atoms with Crippen molar-refractivity contribution >= 4 is 11.9 Å². The van der Waals surface area contributed by atoms with Crippen molar-refractivity contribution in [2.24, 2.45) is 0 Å². The molecule has 1 rings (SSSR count). The molecule has 12 heavy (non-hydrogen) atoms. The zero-order chi connectivity index (χ0) is 9.40. The largest absolute Gasteiger partial charge is 0.263 e. The number of hydrogen-bond donors (Lipinski definition) is 1. The third-order valence-electron chi connectivity index (χ3n) is 1.31. The lowest BCUT2D eigenvalue weighted by atomic mass is 10.2. The van der Waals surface area contributed by atoms with E-state index in [4.69, 9.17) is 0 Å². The van der Waals surface area contributed by atoms with Crippen molar-refractivity contribution in [3.05, 3.63) is 29.8 Å². The summed E-state index contributed by atoms with van der Waals surface area (Å²) < 4.78 is 3.04. The number of nitrogens with one attached hydrogen (secondary N) is 1. The van der Waals surface area contributed by atoms with Crippen molar-refractivity contribution in [3.63, 3.8) is 0 Å². The summed E-state index contributed by atoms with van der Waals surface area (Å²) in [6.45, 7) is 6.11. The molecule has 2 heteroatoms. The number of benzene rings is 1. The van der Waals surface area contributed by atoms with Crippen LogP contribution in [0.5, 0.6) is 0 Å². The molecule has 0 radical (unpaired) electrons. The van der Waals surface area contributed by atoms with E-state index in [2.05, 4.69) is 29.8 Å². The predicted molar refractivity (Wildman–Crippen MR) is 57.4 cm³/mol. The minimum absolute atomic E-state index is 1.30. The summed E-state index contributed by atoms with van der Waals surface area (Å²) in [5, 5.41) is 0. The fourth-order valence-electron chi connectivity index (χ4n) is 0.781. The van der Waals surface area contributed by atoms with E-state index in [9.17, 15) is 0 Å². The van der Waals surface area contributed by atoms with Crippen molar-refractivity contribution < 1.29 is 0 Å². The summed E-state index contributed by atoms with van der Waals surface area (Å²) in [7, 11) is 1.93. The van der Waals surface area contributed by atoms with Gasteiger partial charge in [0, 0.05) is 4.90 Å². The summed E-state index contributed by atoms with van der Waals surface area (Å²) >= 11 is 1.65. The van der Waals surface area contributed by atoms with Crippen LogP contribution in [0.3, 0.4) is 0 Å². The molecular weight excluding hydrogens is 166 g/mol. The topological polar surface area (TPSA) is 12.0 Å². The Kier molecular flexibility index (Phi) is 6.91. The average molecular weight is 183 g/mol. The lowest BCUT2D eigenvalue weighted by Crippen LogP contribution is -1.91. The highest BCUT2D eigenvalue weighted by Gasteiger charge is 1.93. The summed E-state index contributed by atoms with van der Waals surface area (Å²) in [5.41, 5.74) is 1.32. The first kappa shape index (κ1) is 11.5. The molecule has 0 aliphatic heterocycles. The van der Waals surface area contributed by atoms with Crippen LogP contribution < -0.4 is 4.72 Å². The second kappa shape index (κ2) is 7.19. The van der Waals surface area contributed by atoms with Gasteiger partial charge < -0.3 is 0 Å². The van der Waals surface area contributed by atoms with E-state index >= 15 is 0 Å². The highest BCUT2D eigenvalue weighted by molar-refractivity contribution is 7.97. The highest BCUT2D eigenvalue weighted by atomic mass is 32.2. The van der Waals surface area contributed by atoms with Gasteiger partial charge in [0.05, 0.1) is 0 Å². The summed E-state index contributed by atoms with van der Waals surface area (Å²) in [4.78, 5) is 1.30. The molecule has 1 nitrogen and oxygen atoms in total. The van der Waals surface area contributed by atoms with Gasteiger partial charge in [-0.05, 0) is 37.5 Å². The fraction of sp³-hybridized carbons (Fsp3) is 0.400. The molecule has 68 valence electrons. The standard InChI is InChI=1S/C8H11NS.C2H6/c1-7-5-3-4-6-8(7)10-9-2;1-2/h3-6,9H,1-2H3;1-2H3. The predicted octanol–water partition coefficient (Wildman–Crippen LogP) is 3.25. The molecule has 0 aliphatic carbocycles. The average Bonchev–Trinajstić information content (AvgIpc) is 2.13. The van der Waals surface area contributed by atoms with Gasteiger partial charge in [-0.1, -0.05) is 32.0 Å². The van der Waals surface area contributed by atoms with Gasteiger partial charge in [-0.3, -0.25) is 4.72 Å². The number of rotatable bonds is 2. The lowest BCUT2D eigenvalue weighted by Gasteiger charge is -2.01. The molecule has 1 aromatic rings. The Hall–Kier alpha value is -0.470. The Morgan fingerprint density at radius 1 is 1.17 bits per heavy atom. The van der Waals surface area contributed by atoms with Crippen LogP contribution in [-0.4, -0.2) is 7.05 Å². The van der Waals surface area contributed by atoms with Crippen molar-refractivity contribution in [1.82, 2.24) is 4.72 Å². The third-order valence-corrected chi connectivity index (χ3v) is 2.19. The molecule has 0 saturated heterocycles. The molecule has 0 saturated carbocycles. The van der Waals surface area contributed by atoms with Gasteiger partial charge in [-0.25, -0.2) is 0 Å². The monoisotopic (exact) mass is 183 g/mol. The van der Waals surface area contributed by atoms with Crippen LogP contribution in [0.15, 0.2) is 29.2 Å². The van der Waals surface area contributed by atoms with Crippen LogP contribution >= 0.6 is 11.9 Å². The van der Waals surface area contributed by atoms with Gasteiger partial charge in [0.15, 0.2) is 0 Å². The number of aryl methyl sites for hydroxylation is 1. The van der Waals surface area contributed by atoms with E-state index in [0.717, 1.165) is 0 Å². The molecule has 1 aromatic carbocycles. The van der Waals surface area contributed by atoms with Gasteiger partial charge in [0.1, 0.15) is 0 Å². The van der Waals surface area contributed by atoms with Crippen LogP contribution in [0.4, 0.5) is 0 Å². The Balaban J connectivity index is 0.000000561. The van der Waals surface area contributed by atoms with Crippen LogP contribution in [0, 0.1) is 6.92 Å². The molecule has 0 aliphatic rings. The SMILES string of the molecule is CC.CNSc1ccccc1C. The Bertz CT molecular complexity index is 211. The number of hydrogen-bond acceptors (Lipinski definition) is 2. The van der Waals surface area contributed by atoms with Crippen molar-refractivity contribution in [1.29, 1.82) is 0 Å². The van der Waals surface area contributed by atoms with E-state index in [1.165, 1.54) is 10.5 Å². The normalized spacial score (nSPS) is 8.67. The second-order valence-electron chi connectivity index (χ2n) is 2.07. The van der Waals surface area contributed by atoms with Gasteiger partial charge in [0.2, 0.25) is 0 Å². The minimum Gasteiger partial charge on any atom is -0.263 e. The summed E-state index contributed by atoms with van der Waals surface area (Å²) in [5.74, 6) is 0. The molecule has 0 aromatic heterocycles. The Morgan fingerprint density at radius 3 is 2.25 bits per heavy atom. The first-order chi connectivity index (χ1) is 5.84. The van der Waals surface area contributed by atoms with E-state index in [1.54, 1.807) is 11.9 Å². The van der Waals surface area contributed by atoms with Gasteiger partial charge in [0.25, 0.3) is 0 Å². The van der Waals surface area contributed by atoms with E-state index in [1.807, 2.05) is 27.0 Å². The Morgan fingerprint density at radius 2 is 1.75 bits per heavy atom. The van der Waals surface area contributed by atoms with Crippen molar-refractivity contribution in [2.45, 2.75) is 25.7 Å². The first-order valence-corrected chi connectivity index (χ1v) is 5.05. The van der Waals surface area contributed by atoms with Crippen LogP contribution in [-0.2, 0) is 0 Å². The molecule has 0 amide bonds. The molecular formula is C10H17NS. The maximum atomic E-state index is 3.04. The Labute approximate surface area is 79.7 Å². The van der Waals surface area contributed by atoms with E-state index in [0.29, 0.717) is 0 Å². The van der Waals surface area contributed by atoms with Crippen LogP contribution in [0.1, 0.15) is 19.4 Å². The third kappa shape index (κ3) is 3.79. The maximum absolute atomic E-state index is 3.04. The highest BCUT2D eigenvalue weighted by Crippen LogP contribution is 2.17. The molecule has 1 N–H and O–H groups in total. The first-order valence-electron chi connectivity index (χ1n) is 4.24. The molecule has 0 bridgehead atoms. The minimum atomic E-state index is 1.30.